The summed E-state index contributed by atoms with van der Waals surface area (Å²) in [6.45, 7) is 0. The summed E-state index contributed by atoms with van der Waals surface area (Å²) >= 11 is 0. The van der Waals surface area contributed by atoms with Gasteiger partial charge in [-0.25, -0.2) is 0 Å². The van der Waals surface area contributed by atoms with Crippen molar-refractivity contribution < 1.29 is 4.74 Å². The Morgan fingerprint density at radius 3 is 1.70 bits per heavy atom. The zero-order valence-corrected chi connectivity index (χ0v) is 13.0. The van der Waals surface area contributed by atoms with Crippen molar-refractivity contribution in [1.29, 1.82) is 0 Å². The van der Waals surface area contributed by atoms with Crippen LogP contribution in [0.25, 0.3) is 0 Å². The molecule has 0 aliphatic rings. The fourth-order valence-electron chi connectivity index (χ4n) is 2.69. The second-order valence-corrected chi connectivity index (χ2v) is 5.73. The molecule has 2 nitrogen and oxygen atoms in total. The first-order valence-corrected chi connectivity index (χ1v) is 7.75. The smallest absolute Gasteiger partial charge is 0.166 e. The van der Waals surface area contributed by atoms with Gasteiger partial charge < -0.3 is 4.74 Å². The van der Waals surface area contributed by atoms with Crippen LogP contribution in [0.1, 0.15) is 11.1 Å². The topological polar surface area (TPSA) is 35.2 Å². The van der Waals surface area contributed by atoms with E-state index in [0.29, 0.717) is 12.8 Å². The van der Waals surface area contributed by atoms with Gasteiger partial charge in [-0.05, 0) is 29.3 Å². The summed E-state index contributed by atoms with van der Waals surface area (Å²) < 4.78 is 6.17. The summed E-state index contributed by atoms with van der Waals surface area (Å²) in [6.07, 6.45) is 1.28. The maximum Gasteiger partial charge on any atom is 0.166 e. The Labute approximate surface area is 137 Å². The third-order valence-corrected chi connectivity index (χ3v) is 3.70. The van der Waals surface area contributed by atoms with E-state index < -0.39 is 5.72 Å². The molecule has 0 aliphatic heterocycles. The van der Waals surface area contributed by atoms with Gasteiger partial charge in [-0.3, -0.25) is 5.73 Å². The van der Waals surface area contributed by atoms with Gasteiger partial charge >= 0.3 is 0 Å². The van der Waals surface area contributed by atoms with Gasteiger partial charge in [0.15, 0.2) is 5.72 Å². The maximum absolute atomic E-state index is 6.66. The predicted molar refractivity (Wildman–Crippen MR) is 93.1 cm³/mol. The van der Waals surface area contributed by atoms with E-state index in [1.54, 1.807) is 0 Å². The molecule has 3 aromatic carbocycles. The molecule has 115 valence electrons. The Bertz CT molecular complexity index is 609. The van der Waals surface area contributed by atoms with Gasteiger partial charge in [0.2, 0.25) is 0 Å². The molecule has 0 atom stereocenters. The number of benzene rings is 3. The highest BCUT2D eigenvalue weighted by Gasteiger charge is 2.28. The van der Waals surface area contributed by atoms with Crippen molar-refractivity contribution in [3.63, 3.8) is 0 Å². The van der Waals surface area contributed by atoms with E-state index in [1.807, 2.05) is 60.7 Å². The third-order valence-electron chi connectivity index (χ3n) is 3.70. The molecule has 0 saturated carbocycles. The Kier molecular flexibility index (Phi) is 4.74. The Hall–Kier alpha value is -2.58. The number of hydrogen-bond acceptors (Lipinski definition) is 2. The van der Waals surface area contributed by atoms with Crippen molar-refractivity contribution in [3.05, 3.63) is 102 Å². The summed E-state index contributed by atoms with van der Waals surface area (Å²) in [7, 11) is 0. The van der Waals surface area contributed by atoms with Crippen molar-refractivity contribution in [1.82, 2.24) is 0 Å². The zero-order valence-electron chi connectivity index (χ0n) is 13.0. The minimum atomic E-state index is -0.802. The minimum absolute atomic E-state index is 0.640. The lowest BCUT2D eigenvalue weighted by Gasteiger charge is -2.31. The first kappa shape index (κ1) is 15.3. The second-order valence-electron chi connectivity index (χ2n) is 5.73. The van der Waals surface area contributed by atoms with E-state index in [0.717, 1.165) is 16.9 Å². The molecule has 0 unspecified atom stereocenters. The molecule has 0 fully saturated rings. The number of hydrogen-bond donors (Lipinski definition) is 1. The van der Waals surface area contributed by atoms with Crippen molar-refractivity contribution >= 4 is 0 Å². The van der Waals surface area contributed by atoms with Crippen LogP contribution in [0.5, 0.6) is 5.75 Å². The lowest BCUT2D eigenvalue weighted by atomic mass is 9.95. The van der Waals surface area contributed by atoms with Crippen LogP contribution >= 0.6 is 0 Å². The van der Waals surface area contributed by atoms with Gasteiger partial charge in [0.1, 0.15) is 5.75 Å². The van der Waals surface area contributed by atoms with Gasteiger partial charge in [-0.15, -0.1) is 0 Å². The van der Waals surface area contributed by atoms with Crippen molar-refractivity contribution in [3.8, 4) is 5.75 Å². The summed E-state index contributed by atoms with van der Waals surface area (Å²) in [5.41, 5.74) is 8.18. The van der Waals surface area contributed by atoms with E-state index in [4.69, 9.17) is 10.5 Å². The fourth-order valence-corrected chi connectivity index (χ4v) is 2.69. The molecule has 0 spiro atoms. The van der Waals surface area contributed by atoms with Crippen LogP contribution < -0.4 is 10.5 Å². The van der Waals surface area contributed by atoms with Gasteiger partial charge in [-0.1, -0.05) is 72.8 Å². The van der Waals surface area contributed by atoms with E-state index in [1.165, 1.54) is 0 Å². The molecule has 0 aliphatic carbocycles. The maximum atomic E-state index is 6.66. The predicted octanol–water partition coefficient (Wildman–Crippen LogP) is 4.01. The third kappa shape index (κ3) is 4.44. The molecule has 0 amide bonds. The lowest BCUT2D eigenvalue weighted by Crippen LogP contribution is -2.50. The average Bonchev–Trinajstić information content (AvgIpc) is 2.57. The molecule has 0 bridgehead atoms. The standard InChI is InChI=1S/C21H20NO/c22-21(16-18-10-4-1-5-11-18,17-19-12-6-2-7-13-19)23-20-14-8-3-9-15-20/h1-2,4-15H,16-17,22H2. The Balaban J connectivity index is 1.85. The number of rotatable bonds is 6. The van der Waals surface area contributed by atoms with Crippen LogP contribution in [0.4, 0.5) is 0 Å². The first-order valence-electron chi connectivity index (χ1n) is 7.75. The van der Waals surface area contributed by atoms with E-state index >= 15 is 0 Å². The second kappa shape index (κ2) is 7.12. The largest absolute Gasteiger partial charge is 0.472 e. The van der Waals surface area contributed by atoms with E-state index in [2.05, 4.69) is 30.3 Å². The average molecular weight is 302 g/mol. The van der Waals surface area contributed by atoms with Gasteiger partial charge in [-0.2, -0.15) is 0 Å². The van der Waals surface area contributed by atoms with Crippen LogP contribution in [0, 0.1) is 6.07 Å². The normalized spacial score (nSPS) is 11.2. The van der Waals surface area contributed by atoms with Gasteiger partial charge in [0.05, 0.1) is 0 Å². The highest BCUT2D eigenvalue weighted by molar-refractivity contribution is 5.25. The number of ether oxygens (including phenoxy) is 1. The van der Waals surface area contributed by atoms with Crippen molar-refractivity contribution in [2.75, 3.05) is 0 Å². The first-order chi connectivity index (χ1) is 11.2. The highest BCUT2D eigenvalue weighted by Crippen LogP contribution is 2.22. The van der Waals surface area contributed by atoms with E-state index in [9.17, 15) is 0 Å². The summed E-state index contributed by atoms with van der Waals surface area (Å²) in [5.74, 6) is 0.762. The van der Waals surface area contributed by atoms with Crippen LogP contribution in [-0.4, -0.2) is 5.72 Å². The molecule has 0 aromatic heterocycles. The van der Waals surface area contributed by atoms with Crippen LogP contribution in [-0.2, 0) is 12.8 Å². The Morgan fingerprint density at radius 2 is 1.22 bits per heavy atom. The van der Waals surface area contributed by atoms with Crippen LogP contribution in [0.3, 0.4) is 0 Å². The molecule has 3 rings (SSSR count). The summed E-state index contributed by atoms with van der Waals surface area (Å²) in [5, 5.41) is 0. The van der Waals surface area contributed by atoms with Gasteiger partial charge in [0, 0.05) is 12.8 Å². The zero-order chi connectivity index (χ0) is 16.0. The molecule has 2 N–H and O–H groups in total. The summed E-state index contributed by atoms with van der Waals surface area (Å²) in [4.78, 5) is 0. The van der Waals surface area contributed by atoms with Crippen LogP contribution in [0.15, 0.2) is 84.9 Å². The molecule has 0 heterocycles. The molecular weight excluding hydrogens is 282 g/mol. The molecular formula is C21H20NO. The molecule has 1 radical (unpaired) electrons. The lowest BCUT2D eigenvalue weighted by molar-refractivity contribution is 0.0760. The van der Waals surface area contributed by atoms with Crippen molar-refractivity contribution in [2.24, 2.45) is 5.73 Å². The Morgan fingerprint density at radius 1 is 0.739 bits per heavy atom. The summed E-state index contributed by atoms with van der Waals surface area (Å²) in [6, 6.07) is 30.9. The molecule has 23 heavy (non-hydrogen) atoms. The molecule has 2 heteroatoms. The van der Waals surface area contributed by atoms with Crippen molar-refractivity contribution in [2.45, 2.75) is 18.6 Å². The molecule has 3 aromatic rings. The number of nitrogens with two attached hydrogens (primary N) is 1. The SMILES string of the molecule is NC(Cc1ccccc1)(Cc1ccccc1)Oc1cc[c]cc1. The fraction of sp³-hybridized carbons (Fsp3) is 0.143. The minimum Gasteiger partial charge on any atom is -0.472 e. The molecule has 0 saturated heterocycles. The van der Waals surface area contributed by atoms with E-state index in [-0.39, 0.29) is 0 Å². The highest BCUT2D eigenvalue weighted by atomic mass is 16.5. The van der Waals surface area contributed by atoms with Crippen LogP contribution in [0.2, 0.25) is 0 Å². The van der Waals surface area contributed by atoms with Gasteiger partial charge in [0.25, 0.3) is 0 Å². The quantitative estimate of drug-likeness (QED) is 0.698. The monoisotopic (exact) mass is 302 g/mol.